The molecule has 0 aromatic heterocycles. The molecule has 0 saturated carbocycles. The van der Waals surface area contributed by atoms with Crippen molar-refractivity contribution in [3.05, 3.63) is 35.9 Å². The summed E-state index contributed by atoms with van der Waals surface area (Å²) in [5.74, 6) is 0.0609. The quantitative estimate of drug-likeness (QED) is 0.844. The number of carbonyl (C=O) groups excluding carboxylic acids is 1. The topological polar surface area (TPSA) is 56.1 Å². The second kappa shape index (κ2) is 7.80. The van der Waals surface area contributed by atoms with Gasteiger partial charge in [-0.2, -0.15) is 5.26 Å². The molecule has 112 valence electrons. The minimum absolute atomic E-state index is 0.0664. The first kappa shape index (κ1) is 15.5. The van der Waals surface area contributed by atoms with Gasteiger partial charge in [0.1, 0.15) is 0 Å². The predicted molar refractivity (Wildman–Crippen MR) is 82.7 cm³/mol. The van der Waals surface area contributed by atoms with Crippen LogP contribution in [0.5, 0.6) is 0 Å². The van der Waals surface area contributed by atoms with Gasteiger partial charge in [-0.15, -0.1) is 0 Å². The number of nitrogens with one attached hydrogen (secondary N) is 1. The molecule has 4 heteroatoms. The van der Waals surface area contributed by atoms with E-state index in [1.54, 1.807) is 0 Å². The minimum atomic E-state index is -0.0664. The van der Waals surface area contributed by atoms with E-state index in [0.29, 0.717) is 6.54 Å². The Hall–Kier alpha value is -1.86. The summed E-state index contributed by atoms with van der Waals surface area (Å²) in [6.45, 7) is 4.32. The maximum Gasteiger partial charge on any atom is 0.227 e. The molecule has 21 heavy (non-hydrogen) atoms. The van der Waals surface area contributed by atoms with Gasteiger partial charge in [0.2, 0.25) is 5.91 Å². The Morgan fingerprint density at radius 3 is 2.62 bits per heavy atom. The second-order valence-corrected chi connectivity index (χ2v) is 5.59. The minimum Gasteiger partial charge on any atom is -0.353 e. The third-order valence-corrected chi connectivity index (χ3v) is 4.15. The van der Waals surface area contributed by atoms with Gasteiger partial charge in [0.05, 0.1) is 18.5 Å². The molecule has 4 nitrogen and oxygen atoms in total. The molecule has 0 bridgehead atoms. The monoisotopic (exact) mass is 285 g/mol. The predicted octanol–water partition coefficient (Wildman–Crippen LogP) is 2.28. The lowest BCUT2D eigenvalue weighted by Crippen LogP contribution is -2.45. The van der Waals surface area contributed by atoms with Crippen molar-refractivity contribution in [2.45, 2.75) is 38.1 Å². The highest BCUT2D eigenvalue weighted by Gasteiger charge is 2.24. The largest absolute Gasteiger partial charge is 0.353 e. The molecule has 1 heterocycles. The summed E-state index contributed by atoms with van der Waals surface area (Å²) in [7, 11) is 0. The number of nitriles is 1. The van der Waals surface area contributed by atoms with Crippen molar-refractivity contribution >= 4 is 5.91 Å². The number of piperidine rings is 1. The molecular formula is C17H23N3O. The molecule has 2 rings (SSSR count). The van der Waals surface area contributed by atoms with E-state index in [9.17, 15) is 4.79 Å². The van der Waals surface area contributed by atoms with Crippen LogP contribution in [0.3, 0.4) is 0 Å². The van der Waals surface area contributed by atoms with E-state index >= 15 is 0 Å². The summed E-state index contributed by atoms with van der Waals surface area (Å²) in [5.41, 5.74) is 1.08. The number of benzene rings is 1. The molecule has 1 aliphatic heterocycles. The van der Waals surface area contributed by atoms with Gasteiger partial charge < -0.3 is 5.32 Å². The number of amides is 1. The van der Waals surface area contributed by atoms with Crippen LogP contribution in [0.2, 0.25) is 0 Å². The maximum absolute atomic E-state index is 12.5. The highest BCUT2D eigenvalue weighted by atomic mass is 16.1. The summed E-state index contributed by atoms with van der Waals surface area (Å²) in [6, 6.07) is 12.4. The smallest absolute Gasteiger partial charge is 0.227 e. The molecule has 1 saturated heterocycles. The zero-order chi connectivity index (χ0) is 15.1. The van der Waals surface area contributed by atoms with Crippen molar-refractivity contribution in [3.8, 4) is 6.07 Å². The average molecular weight is 285 g/mol. The summed E-state index contributed by atoms with van der Waals surface area (Å²) in [4.78, 5) is 14.6. The fourth-order valence-electron chi connectivity index (χ4n) is 2.90. The van der Waals surface area contributed by atoms with Crippen LogP contribution in [0, 0.1) is 11.3 Å². The number of carbonyl (C=O) groups is 1. The number of hydrogen-bond acceptors (Lipinski definition) is 3. The molecule has 1 N–H and O–H groups in total. The lowest BCUT2D eigenvalue weighted by atomic mass is 9.94. The summed E-state index contributed by atoms with van der Waals surface area (Å²) in [6.07, 6.45) is 2.67. The second-order valence-electron chi connectivity index (χ2n) is 5.59. The number of rotatable bonds is 5. The number of likely N-dealkylation sites (tertiary alicyclic amines) is 1. The van der Waals surface area contributed by atoms with Gasteiger partial charge in [-0.3, -0.25) is 9.69 Å². The molecule has 0 aliphatic carbocycles. The molecule has 1 amide bonds. The van der Waals surface area contributed by atoms with E-state index in [4.69, 9.17) is 5.26 Å². The zero-order valence-electron chi connectivity index (χ0n) is 12.6. The van der Waals surface area contributed by atoms with Crippen molar-refractivity contribution in [2.24, 2.45) is 0 Å². The fourth-order valence-corrected chi connectivity index (χ4v) is 2.90. The van der Waals surface area contributed by atoms with Gasteiger partial charge in [-0.25, -0.2) is 0 Å². The van der Waals surface area contributed by atoms with Crippen molar-refractivity contribution in [1.29, 1.82) is 5.26 Å². The first-order valence-electron chi connectivity index (χ1n) is 7.69. The van der Waals surface area contributed by atoms with Gasteiger partial charge in [0.15, 0.2) is 0 Å². The molecular weight excluding hydrogens is 262 g/mol. The lowest BCUT2D eigenvalue weighted by Gasteiger charge is -2.31. The third kappa shape index (κ3) is 4.30. The lowest BCUT2D eigenvalue weighted by molar-refractivity contribution is -0.123. The van der Waals surface area contributed by atoms with Crippen molar-refractivity contribution in [2.75, 3.05) is 19.6 Å². The summed E-state index contributed by atoms with van der Waals surface area (Å²) in [5, 5.41) is 11.9. The van der Waals surface area contributed by atoms with E-state index in [1.807, 2.05) is 37.3 Å². The Morgan fingerprint density at radius 2 is 2.05 bits per heavy atom. The fraction of sp³-hybridized carbons (Fsp3) is 0.529. The molecule has 1 aromatic carbocycles. The molecule has 1 fully saturated rings. The van der Waals surface area contributed by atoms with Crippen LogP contribution in [0.4, 0.5) is 0 Å². The van der Waals surface area contributed by atoms with Crippen LogP contribution in [0.1, 0.15) is 37.7 Å². The van der Waals surface area contributed by atoms with Crippen LogP contribution in [-0.4, -0.2) is 36.5 Å². The van der Waals surface area contributed by atoms with E-state index in [2.05, 4.69) is 16.3 Å². The van der Waals surface area contributed by atoms with Gasteiger partial charge in [-0.1, -0.05) is 37.3 Å². The zero-order valence-corrected chi connectivity index (χ0v) is 12.6. The Labute approximate surface area is 126 Å². The Morgan fingerprint density at radius 1 is 1.38 bits per heavy atom. The molecule has 1 aromatic rings. The van der Waals surface area contributed by atoms with E-state index in [0.717, 1.165) is 37.9 Å². The summed E-state index contributed by atoms with van der Waals surface area (Å²) >= 11 is 0. The van der Waals surface area contributed by atoms with E-state index < -0.39 is 0 Å². The van der Waals surface area contributed by atoms with Crippen molar-refractivity contribution < 1.29 is 4.79 Å². The van der Waals surface area contributed by atoms with Crippen LogP contribution in [-0.2, 0) is 4.79 Å². The molecule has 1 aliphatic rings. The summed E-state index contributed by atoms with van der Waals surface area (Å²) < 4.78 is 0. The van der Waals surface area contributed by atoms with Gasteiger partial charge >= 0.3 is 0 Å². The Kier molecular flexibility index (Phi) is 5.77. The van der Waals surface area contributed by atoms with Crippen LogP contribution in [0.25, 0.3) is 0 Å². The number of nitrogens with zero attached hydrogens (tertiary/aromatic N) is 2. The van der Waals surface area contributed by atoms with Crippen LogP contribution < -0.4 is 5.32 Å². The molecule has 1 atom stereocenters. The standard InChI is InChI=1S/C17H23N3O/c1-2-16(14-6-4-3-5-7-14)17(21)19-15-8-11-20(12-9-15)13-10-18/h3-7,15-16H,2,8-9,11-13H2,1H3,(H,19,21). The van der Waals surface area contributed by atoms with Gasteiger partial charge in [0.25, 0.3) is 0 Å². The van der Waals surface area contributed by atoms with Gasteiger partial charge in [0, 0.05) is 19.1 Å². The normalized spacial score (nSPS) is 17.9. The highest BCUT2D eigenvalue weighted by molar-refractivity contribution is 5.83. The highest BCUT2D eigenvalue weighted by Crippen LogP contribution is 2.20. The van der Waals surface area contributed by atoms with E-state index in [-0.39, 0.29) is 17.9 Å². The molecule has 1 unspecified atom stereocenters. The Bertz CT molecular complexity index is 487. The third-order valence-electron chi connectivity index (χ3n) is 4.15. The molecule has 0 spiro atoms. The first-order valence-corrected chi connectivity index (χ1v) is 7.69. The average Bonchev–Trinajstić information content (AvgIpc) is 2.51. The Balaban J connectivity index is 1.88. The maximum atomic E-state index is 12.5. The van der Waals surface area contributed by atoms with Crippen LogP contribution >= 0.6 is 0 Å². The first-order chi connectivity index (χ1) is 10.2. The molecule has 0 radical (unpaired) electrons. The van der Waals surface area contributed by atoms with Crippen molar-refractivity contribution in [1.82, 2.24) is 10.2 Å². The van der Waals surface area contributed by atoms with Crippen molar-refractivity contribution in [3.63, 3.8) is 0 Å². The SMILES string of the molecule is CCC(C(=O)NC1CCN(CC#N)CC1)c1ccccc1. The van der Waals surface area contributed by atoms with E-state index in [1.165, 1.54) is 0 Å². The van der Waals surface area contributed by atoms with Crippen LogP contribution in [0.15, 0.2) is 30.3 Å². The van der Waals surface area contributed by atoms with Gasteiger partial charge in [-0.05, 0) is 24.8 Å². The number of hydrogen-bond donors (Lipinski definition) is 1.